The van der Waals surface area contributed by atoms with Gasteiger partial charge in [0.15, 0.2) is 5.16 Å². The number of carbonyl (C=O) groups excluding carboxylic acids is 1. The molecule has 0 aliphatic rings. The van der Waals surface area contributed by atoms with Gasteiger partial charge in [0.25, 0.3) is 5.91 Å². The Hall–Kier alpha value is -2.60. The lowest BCUT2D eigenvalue weighted by molar-refractivity contribution is 0.102. The smallest absolute Gasteiger partial charge is 0.255 e. The average Bonchev–Trinajstić information content (AvgIpc) is 2.93. The van der Waals surface area contributed by atoms with E-state index in [-0.39, 0.29) is 5.91 Å². The van der Waals surface area contributed by atoms with Gasteiger partial charge in [-0.05, 0) is 62.0 Å². The van der Waals surface area contributed by atoms with E-state index in [1.165, 1.54) is 11.8 Å². The van der Waals surface area contributed by atoms with Crippen LogP contribution < -0.4 is 5.32 Å². The molecule has 6 heteroatoms. The number of hydrogen-bond donors (Lipinski definition) is 1. The quantitative estimate of drug-likeness (QED) is 0.785. The number of aromatic nitrogens is 3. The highest BCUT2D eigenvalue weighted by atomic mass is 32.2. The molecule has 0 saturated carbocycles. The Labute approximate surface area is 145 Å². The molecule has 24 heavy (non-hydrogen) atoms. The average molecular weight is 338 g/mol. The van der Waals surface area contributed by atoms with Crippen molar-refractivity contribution in [3.8, 4) is 0 Å². The number of benzene rings is 2. The van der Waals surface area contributed by atoms with E-state index in [9.17, 15) is 4.79 Å². The summed E-state index contributed by atoms with van der Waals surface area (Å²) in [6.07, 6.45) is 1.67. The lowest BCUT2D eigenvalue weighted by Gasteiger charge is -2.08. The van der Waals surface area contributed by atoms with Crippen LogP contribution in [0.5, 0.6) is 0 Å². The van der Waals surface area contributed by atoms with E-state index in [0.29, 0.717) is 5.56 Å². The molecule has 0 fully saturated rings. The van der Waals surface area contributed by atoms with Crippen molar-refractivity contribution < 1.29 is 4.79 Å². The largest absolute Gasteiger partial charge is 0.322 e. The first-order valence-corrected chi connectivity index (χ1v) is 8.34. The van der Waals surface area contributed by atoms with Crippen molar-refractivity contribution in [1.29, 1.82) is 0 Å². The lowest BCUT2D eigenvalue weighted by Crippen LogP contribution is -2.12. The fourth-order valence-electron chi connectivity index (χ4n) is 2.39. The van der Waals surface area contributed by atoms with Crippen molar-refractivity contribution in [2.45, 2.75) is 23.9 Å². The number of nitrogens with one attached hydrogen (secondary N) is 1. The highest BCUT2D eigenvalue weighted by Gasteiger charge is 2.08. The van der Waals surface area contributed by atoms with E-state index in [2.05, 4.69) is 21.6 Å². The Morgan fingerprint density at radius 2 is 1.75 bits per heavy atom. The Morgan fingerprint density at radius 3 is 2.33 bits per heavy atom. The standard InChI is InChI=1S/C18H18N4OS/c1-12-8-13(2)10-14(9-12)17(23)20-15-4-6-16(7-5-15)24-18-21-19-11-22(18)3/h4-11H,1-3H3,(H,20,23). The highest BCUT2D eigenvalue weighted by molar-refractivity contribution is 7.99. The van der Waals surface area contributed by atoms with Crippen molar-refractivity contribution in [2.75, 3.05) is 5.32 Å². The molecule has 1 N–H and O–H groups in total. The van der Waals surface area contributed by atoms with Gasteiger partial charge in [-0.15, -0.1) is 10.2 Å². The molecule has 0 aliphatic carbocycles. The summed E-state index contributed by atoms with van der Waals surface area (Å²) in [5, 5.41) is 11.7. The molecule has 0 spiro atoms. The molecule has 0 bridgehead atoms. The first-order valence-electron chi connectivity index (χ1n) is 7.53. The molecule has 5 nitrogen and oxygen atoms in total. The molecule has 0 saturated heterocycles. The molecule has 0 radical (unpaired) electrons. The van der Waals surface area contributed by atoms with E-state index in [4.69, 9.17) is 0 Å². The Balaban J connectivity index is 1.69. The predicted molar refractivity (Wildman–Crippen MR) is 95.4 cm³/mol. The summed E-state index contributed by atoms with van der Waals surface area (Å²) in [6, 6.07) is 13.5. The van der Waals surface area contributed by atoms with E-state index in [1.807, 2.05) is 61.9 Å². The van der Waals surface area contributed by atoms with Crippen LogP contribution in [-0.4, -0.2) is 20.7 Å². The molecule has 1 heterocycles. The number of aryl methyl sites for hydroxylation is 3. The van der Waals surface area contributed by atoms with Crippen LogP contribution in [0.1, 0.15) is 21.5 Å². The molecule has 3 rings (SSSR count). The van der Waals surface area contributed by atoms with Crippen LogP contribution in [0.25, 0.3) is 0 Å². The monoisotopic (exact) mass is 338 g/mol. The fourth-order valence-corrected chi connectivity index (χ4v) is 3.15. The fraction of sp³-hybridized carbons (Fsp3) is 0.167. The molecule has 3 aromatic rings. The molecule has 0 aliphatic heterocycles. The predicted octanol–water partition coefficient (Wildman–Crippen LogP) is 3.84. The minimum Gasteiger partial charge on any atom is -0.322 e. The molecule has 1 aromatic heterocycles. The highest BCUT2D eigenvalue weighted by Crippen LogP contribution is 2.26. The Kier molecular flexibility index (Phi) is 4.66. The zero-order valence-corrected chi connectivity index (χ0v) is 14.6. The van der Waals surface area contributed by atoms with Crippen molar-refractivity contribution in [1.82, 2.24) is 14.8 Å². The van der Waals surface area contributed by atoms with E-state index in [1.54, 1.807) is 6.33 Å². The Bertz CT molecular complexity index is 851. The van der Waals surface area contributed by atoms with Crippen molar-refractivity contribution in [2.24, 2.45) is 7.05 Å². The molecule has 2 aromatic carbocycles. The van der Waals surface area contributed by atoms with E-state index < -0.39 is 0 Å². The molecular weight excluding hydrogens is 320 g/mol. The van der Waals surface area contributed by atoms with E-state index >= 15 is 0 Å². The first kappa shape index (κ1) is 16.3. The lowest BCUT2D eigenvalue weighted by atomic mass is 10.1. The first-order chi connectivity index (χ1) is 11.5. The van der Waals surface area contributed by atoms with Crippen molar-refractivity contribution in [3.05, 3.63) is 65.5 Å². The Morgan fingerprint density at radius 1 is 1.08 bits per heavy atom. The number of carbonyl (C=O) groups is 1. The second-order valence-corrected chi connectivity index (χ2v) is 6.72. The zero-order valence-electron chi connectivity index (χ0n) is 13.8. The maximum Gasteiger partial charge on any atom is 0.255 e. The topological polar surface area (TPSA) is 59.8 Å². The normalized spacial score (nSPS) is 10.6. The number of rotatable bonds is 4. The number of hydrogen-bond acceptors (Lipinski definition) is 4. The summed E-state index contributed by atoms with van der Waals surface area (Å²) in [5.74, 6) is -0.101. The van der Waals surface area contributed by atoms with Gasteiger partial charge in [-0.1, -0.05) is 17.2 Å². The third-order valence-electron chi connectivity index (χ3n) is 3.48. The van der Waals surface area contributed by atoms with E-state index in [0.717, 1.165) is 26.9 Å². The molecule has 0 atom stereocenters. The van der Waals surface area contributed by atoms with Crippen LogP contribution in [0.3, 0.4) is 0 Å². The maximum absolute atomic E-state index is 12.4. The SMILES string of the molecule is Cc1cc(C)cc(C(=O)Nc2ccc(Sc3nncn3C)cc2)c1. The van der Waals surface area contributed by atoms with Crippen LogP contribution in [0.2, 0.25) is 0 Å². The third-order valence-corrected chi connectivity index (χ3v) is 4.54. The van der Waals surface area contributed by atoms with Crippen molar-refractivity contribution in [3.63, 3.8) is 0 Å². The van der Waals surface area contributed by atoms with Gasteiger partial charge >= 0.3 is 0 Å². The molecular formula is C18H18N4OS. The van der Waals surface area contributed by atoms with Crippen LogP contribution in [-0.2, 0) is 7.05 Å². The summed E-state index contributed by atoms with van der Waals surface area (Å²) >= 11 is 1.53. The molecule has 122 valence electrons. The molecule has 0 unspecified atom stereocenters. The van der Waals surface area contributed by atoms with Gasteiger partial charge < -0.3 is 9.88 Å². The minimum atomic E-state index is -0.101. The summed E-state index contributed by atoms with van der Waals surface area (Å²) < 4.78 is 1.86. The van der Waals surface area contributed by atoms with Gasteiger partial charge in [0, 0.05) is 23.2 Å². The zero-order chi connectivity index (χ0) is 17.1. The van der Waals surface area contributed by atoms with Gasteiger partial charge in [0.05, 0.1) is 0 Å². The van der Waals surface area contributed by atoms with Crippen molar-refractivity contribution >= 4 is 23.4 Å². The molecule has 1 amide bonds. The second-order valence-electron chi connectivity index (χ2n) is 5.68. The summed E-state index contributed by atoms with van der Waals surface area (Å²) in [7, 11) is 1.90. The summed E-state index contributed by atoms with van der Waals surface area (Å²) in [4.78, 5) is 13.4. The van der Waals surface area contributed by atoms with Gasteiger partial charge in [0.2, 0.25) is 0 Å². The summed E-state index contributed by atoms with van der Waals surface area (Å²) in [6.45, 7) is 3.98. The third kappa shape index (κ3) is 3.83. The van der Waals surface area contributed by atoms with Crippen LogP contribution in [0.15, 0.2) is 58.8 Å². The van der Waals surface area contributed by atoms with Crippen LogP contribution in [0.4, 0.5) is 5.69 Å². The number of amides is 1. The van der Waals surface area contributed by atoms with Crippen LogP contribution >= 0.6 is 11.8 Å². The van der Waals surface area contributed by atoms with Gasteiger partial charge in [-0.3, -0.25) is 4.79 Å². The van der Waals surface area contributed by atoms with Gasteiger partial charge in [-0.25, -0.2) is 0 Å². The van der Waals surface area contributed by atoms with Crippen LogP contribution in [0, 0.1) is 13.8 Å². The minimum absolute atomic E-state index is 0.101. The number of anilines is 1. The van der Waals surface area contributed by atoms with Gasteiger partial charge in [0.1, 0.15) is 6.33 Å². The van der Waals surface area contributed by atoms with Gasteiger partial charge in [-0.2, -0.15) is 0 Å². The summed E-state index contributed by atoms with van der Waals surface area (Å²) in [5.41, 5.74) is 3.60. The number of nitrogens with zero attached hydrogens (tertiary/aromatic N) is 3. The second kappa shape index (κ2) is 6.88. The maximum atomic E-state index is 12.4.